The maximum Gasteiger partial charge on any atom is 0.0667 e. The third-order valence-corrected chi connectivity index (χ3v) is 2.65. The zero-order valence-electron chi connectivity index (χ0n) is 9.49. The van der Waals surface area contributed by atoms with Crippen molar-refractivity contribution in [1.29, 1.82) is 0 Å². The van der Waals surface area contributed by atoms with Gasteiger partial charge in [0, 0.05) is 39.6 Å². The Kier molecular flexibility index (Phi) is 2.54. The van der Waals surface area contributed by atoms with Gasteiger partial charge in [-0.25, -0.2) is 0 Å². The van der Waals surface area contributed by atoms with Crippen molar-refractivity contribution in [3.8, 4) is 0 Å². The maximum absolute atomic E-state index is 3.17. The third-order valence-electron chi connectivity index (χ3n) is 2.65. The third kappa shape index (κ3) is 1.77. The lowest BCUT2D eigenvalue weighted by Gasteiger charge is -2.31. The van der Waals surface area contributed by atoms with Crippen LogP contribution in [0.2, 0.25) is 0 Å². The summed E-state index contributed by atoms with van der Waals surface area (Å²) in [5, 5.41) is 3.17. The fourth-order valence-corrected chi connectivity index (χ4v) is 1.81. The molecule has 2 aliphatic rings. The van der Waals surface area contributed by atoms with E-state index < -0.39 is 0 Å². The molecule has 2 heterocycles. The molecule has 0 amide bonds. The van der Waals surface area contributed by atoms with E-state index >= 15 is 0 Å². The Hall–Kier alpha value is -1.64. The number of fused-ring (bicyclic) bond motifs is 1. The summed E-state index contributed by atoms with van der Waals surface area (Å²) < 4.78 is 0. The number of nitrogens with one attached hydrogen (secondary N) is 1. The Labute approximate surface area is 91.1 Å². The van der Waals surface area contributed by atoms with Crippen molar-refractivity contribution in [1.82, 2.24) is 15.1 Å². The summed E-state index contributed by atoms with van der Waals surface area (Å²) in [6.45, 7) is 0.955. The van der Waals surface area contributed by atoms with Gasteiger partial charge in [0.2, 0.25) is 0 Å². The minimum absolute atomic E-state index is 0.955. The van der Waals surface area contributed by atoms with Crippen LogP contribution in [0, 0.1) is 0 Å². The van der Waals surface area contributed by atoms with E-state index in [1.807, 2.05) is 7.05 Å². The van der Waals surface area contributed by atoms with Crippen LogP contribution in [0.5, 0.6) is 0 Å². The Balaban J connectivity index is 2.42. The molecular formula is C12H17N3. The quantitative estimate of drug-likeness (QED) is 0.729. The molecule has 0 unspecified atom stereocenters. The number of likely N-dealkylation sites (N-methyl/N-ethyl adjacent to an activating group) is 2. The predicted octanol–water partition coefficient (Wildman–Crippen LogP) is 1.26. The van der Waals surface area contributed by atoms with E-state index in [-0.39, 0.29) is 0 Å². The first kappa shape index (κ1) is 9.90. The first-order valence-corrected chi connectivity index (χ1v) is 5.15. The minimum atomic E-state index is 0.955. The fourth-order valence-electron chi connectivity index (χ4n) is 1.81. The van der Waals surface area contributed by atoms with E-state index in [0.717, 1.165) is 12.2 Å². The summed E-state index contributed by atoms with van der Waals surface area (Å²) >= 11 is 0. The number of nitrogens with zero attached hydrogens (tertiary/aromatic N) is 2. The average Bonchev–Trinajstić information content (AvgIpc) is 2.27. The second-order valence-electron chi connectivity index (χ2n) is 3.89. The van der Waals surface area contributed by atoms with Crippen LogP contribution in [0.15, 0.2) is 47.6 Å². The van der Waals surface area contributed by atoms with Crippen molar-refractivity contribution < 1.29 is 0 Å². The zero-order chi connectivity index (χ0) is 10.8. The van der Waals surface area contributed by atoms with Gasteiger partial charge in [-0.05, 0) is 18.2 Å². The van der Waals surface area contributed by atoms with E-state index in [9.17, 15) is 0 Å². The highest BCUT2D eigenvalue weighted by molar-refractivity contribution is 5.42. The van der Waals surface area contributed by atoms with E-state index in [4.69, 9.17) is 0 Å². The van der Waals surface area contributed by atoms with Gasteiger partial charge >= 0.3 is 0 Å². The summed E-state index contributed by atoms with van der Waals surface area (Å²) in [6.07, 6.45) is 10.7. The molecule has 0 spiro atoms. The Bertz CT molecular complexity index is 372. The van der Waals surface area contributed by atoms with Crippen molar-refractivity contribution in [3.63, 3.8) is 0 Å². The lowest BCUT2D eigenvalue weighted by Crippen LogP contribution is -2.28. The number of hydrogen-bond acceptors (Lipinski definition) is 3. The Morgan fingerprint density at radius 1 is 1.33 bits per heavy atom. The molecular weight excluding hydrogens is 186 g/mol. The van der Waals surface area contributed by atoms with Gasteiger partial charge in [0.25, 0.3) is 0 Å². The van der Waals surface area contributed by atoms with Crippen LogP contribution in [0.3, 0.4) is 0 Å². The molecule has 0 aliphatic carbocycles. The lowest BCUT2D eigenvalue weighted by molar-refractivity contribution is 0.451. The molecule has 15 heavy (non-hydrogen) atoms. The van der Waals surface area contributed by atoms with Crippen LogP contribution in [0.4, 0.5) is 0 Å². The molecule has 0 fully saturated rings. The predicted molar refractivity (Wildman–Crippen MR) is 62.8 cm³/mol. The van der Waals surface area contributed by atoms with Crippen molar-refractivity contribution in [2.75, 3.05) is 27.7 Å². The SMILES string of the molecule is CNC1=CC2=C(N(C)C)C=CCN2C=C1. The van der Waals surface area contributed by atoms with Crippen LogP contribution in [0.25, 0.3) is 0 Å². The molecule has 0 atom stereocenters. The average molecular weight is 203 g/mol. The van der Waals surface area contributed by atoms with Crippen LogP contribution < -0.4 is 5.32 Å². The smallest absolute Gasteiger partial charge is 0.0667 e. The Morgan fingerprint density at radius 2 is 2.13 bits per heavy atom. The maximum atomic E-state index is 3.17. The normalized spacial score (nSPS) is 18.9. The highest BCUT2D eigenvalue weighted by Crippen LogP contribution is 2.24. The molecule has 0 saturated heterocycles. The molecule has 0 bridgehead atoms. The van der Waals surface area contributed by atoms with Crippen molar-refractivity contribution >= 4 is 0 Å². The van der Waals surface area contributed by atoms with Crippen LogP contribution >= 0.6 is 0 Å². The molecule has 0 radical (unpaired) electrons. The first-order chi connectivity index (χ1) is 7.22. The van der Waals surface area contributed by atoms with E-state index in [0.29, 0.717) is 0 Å². The molecule has 0 saturated carbocycles. The summed E-state index contributed by atoms with van der Waals surface area (Å²) in [5.41, 5.74) is 3.66. The van der Waals surface area contributed by atoms with Crippen molar-refractivity contribution in [3.05, 3.63) is 47.6 Å². The molecule has 80 valence electrons. The fraction of sp³-hybridized carbons (Fsp3) is 0.333. The molecule has 0 aromatic carbocycles. The number of hydrogen-bond donors (Lipinski definition) is 1. The highest BCUT2D eigenvalue weighted by Gasteiger charge is 2.17. The van der Waals surface area contributed by atoms with Crippen LogP contribution in [0.1, 0.15) is 0 Å². The summed E-state index contributed by atoms with van der Waals surface area (Å²) in [5.74, 6) is 0. The molecule has 3 heteroatoms. The number of rotatable bonds is 2. The standard InChI is InChI=1S/C12H17N3/c1-13-10-6-8-15-7-4-5-11(14(2)3)12(15)9-10/h4-6,8-9,13H,7H2,1-3H3. The zero-order valence-corrected chi connectivity index (χ0v) is 9.49. The van der Waals surface area contributed by atoms with Gasteiger partial charge in [0.15, 0.2) is 0 Å². The summed E-state index contributed by atoms with van der Waals surface area (Å²) in [6, 6.07) is 0. The van der Waals surface area contributed by atoms with Gasteiger partial charge in [0.05, 0.1) is 11.4 Å². The molecule has 0 aromatic rings. The van der Waals surface area contributed by atoms with Gasteiger partial charge in [0.1, 0.15) is 0 Å². The van der Waals surface area contributed by atoms with Gasteiger partial charge in [-0.15, -0.1) is 0 Å². The Morgan fingerprint density at radius 3 is 2.80 bits per heavy atom. The minimum Gasteiger partial charge on any atom is -0.388 e. The largest absolute Gasteiger partial charge is 0.388 e. The molecule has 2 aliphatic heterocycles. The first-order valence-electron chi connectivity index (χ1n) is 5.15. The van der Waals surface area contributed by atoms with E-state index in [2.05, 4.69) is 59.7 Å². The van der Waals surface area contributed by atoms with Crippen LogP contribution in [-0.4, -0.2) is 37.5 Å². The molecule has 2 rings (SSSR count). The van der Waals surface area contributed by atoms with Gasteiger partial charge < -0.3 is 15.1 Å². The van der Waals surface area contributed by atoms with E-state index in [1.54, 1.807) is 0 Å². The van der Waals surface area contributed by atoms with Gasteiger partial charge in [-0.1, -0.05) is 6.08 Å². The van der Waals surface area contributed by atoms with Crippen LogP contribution in [-0.2, 0) is 0 Å². The topological polar surface area (TPSA) is 18.5 Å². The molecule has 1 N–H and O–H groups in total. The number of allylic oxidation sites excluding steroid dienone is 3. The summed E-state index contributed by atoms with van der Waals surface area (Å²) in [4.78, 5) is 4.39. The second-order valence-corrected chi connectivity index (χ2v) is 3.89. The lowest BCUT2D eigenvalue weighted by atomic mass is 10.1. The van der Waals surface area contributed by atoms with Crippen molar-refractivity contribution in [2.45, 2.75) is 0 Å². The van der Waals surface area contributed by atoms with Gasteiger partial charge in [-0.3, -0.25) is 0 Å². The van der Waals surface area contributed by atoms with Gasteiger partial charge in [-0.2, -0.15) is 0 Å². The second kappa shape index (κ2) is 3.85. The van der Waals surface area contributed by atoms with E-state index in [1.165, 1.54) is 11.4 Å². The monoisotopic (exact) mass is 203 g/mol. The molecule has 3 nitrogen and oxygen atoms in total. The summed E-state index contributed by atoms with van der Waals surface area (Å²) in [7, 11) is 6.09. The van der Waals surface area contributed by atoms with Crippen molar-refractivity contribution in [2.24, 2.45) is 0 Å². The molecule has 0 aromatic heterocycles. The highest BCUT2D eigenvalue weighted by atomic mass is 15.2.